The van der Waals surface area contributed by atoms with Gasteiger partial charge in [-0.3, -0.25) is 4.79 Å². The van der Waals surface area contributed by atoms with Gasteiger partial charge in [0.05, 0.1) is 0 Å². The van der Waals surface area contributed by atoms with Crippen molar-refractivity contribution in [3.63, 3.8) is 0 Å². The van der Waals surface area contributed by atoms with Gasteiger partial charge in [-0.05, 0) is 31.0 Å². The molecule has 1 rings (SSSR count). The molecule has 0 aliphatic carbocycles. The Bertz CT molecular complexity index is 257. The summed E-state index contributed by atoms with van der Waals surface area (Å²) in [5.74, 6) is 0.304. The van der Waals surface area contributed by atoms with Gasteiger partial charge in [-0.1, -0.05) is 12.1 Å². The van der Waals surface area contributed by atoms with Gasteiger partial charge in [-0.25, -0.2) is 0 Å². The lowest BCUT2D eigenvalue weighted by molar-refractivity contribution is -0.122. The van der Waals surface area contributed by atoms with E-state index in [1.54, 1.807) is 12.1 Å². The fourth-order valence-corrected chi connectivity index (χ4v) is 1.00. The highest BCUT2D eigenvalue weighted by Gasteiger charge is 1.96. The van der Waals surface area contributed by atoms with E-state index in [2.05, 4.69) is 0 Å². The number of phenols is 1. The molecular formula is C10H15NO3. The van der Waals surface area contributed by atoms with Crippen LogP contribution in [-0.4, -0.2) is 22.7 Å². The number of hydrogen-bond acceptors (Lipinski definition) is 3. The number of aromatic hydroxyl groups is 1. The van der Waals surface area contributed by atoms with E-state index < -0.39 is 0 Å². The Kier molecular flexibility index (Phi) is 6.15. The van der Waals surface area contributed by atoms with Gasteiger partial charge in [-0.15, -0.1) is 0 Å². The van der Waals surface area contributed by atoms with Gasteiger partial charge in [0.15, 0.2) is 0 Å². The van der Waals surface area contributed by atoms with Gasteiger partial charge in [0.25, 0.3) is 6.47 Å². The highest BCUT2D eigenvalue weighted by atomic mass is 16.3. The van der Waals surface area contributed by atoms with E-state index in [9.17, 15) is 0 Å². The van der Waals surface area contributed by atoms with Gasteiger partial charge in [0, 0.05) is 6.04 Å². The zero-order valence-corrected chi connectivity index (χ0v) is 8.05. The number of rotatable bonds is 2. The number of carboxylic acid groups (broad SMARTS) is 1. The van der Waals surface area contributed by atoms with Gasteiger partial charge in [0.2, 0.25) is 0 Å². The van der Waals surface area contributed by atoms with Crippen molar-refractivity contribution in [1.29, 1.82) is 0 Å². The molecule has 1 atom stereocenters. The van der Waals surface area contributed by atoms with Crippen LogP contribution in [0.15, 0.2) is 24.3 Å². The zero-order chi connectivity index (χ0) is 11.0. The first-order valence-corrected chi connectivity index (χ1v) is 4.21. The van der Waals surface area contributed by atoms with Crippen molar-refractivity contribution >= 4 is 6.47 Å². The molecule has 0 aliphatic rings. The predicted molar refractivity (Wildman–Crippen MR) is 54.2 cm³/mol. The second-order valence-electron chi connectivity index (χ2n) is 2.95. The topological polar surface area (TPSA) is 83.5 Å². The lowest BCUT2D eigenvalue weighted by Gasteiger charge is -2.03. The van der Waals surface area contributed by atoms with E-state index in [0.29, 0.717) is 5.75 Å². The highest BCUT2D eigenvalue weighted by molar-refractivity contribution is 5.32. The molecular weight excluding hydrogens is 182 g/mol. The molecule has 1 aromatic rings. The molecule has 0 radical (unpaired) electrons. The minimum Gasteiger partial charge on any atom is -0.508 e. The Balaban J connectivity index is 0.000000500. The molecule has 0 saturated carbocycles. The third-order valence-corrected chi connectivity index (χ3v) is 1.49. The molecule has 0 spiro atoms. The molecule has 14 heavy (non-hydrogen) atoms. The van der Waals surface area contributed by atoms with Crippen molar-refractivity contribution < 1.29 is 15.0 Å². The normalized spacial score (nSPS) is 11.0. The quantitative estimate of drug-likeness (QED) is 0.617. The summed E-state index contributed by atoms with van der Waals surface area (Å²) in [5.41, 5.74) is 6.76. The molecule has 0 saturated heterocycles. The van der Waals surface area contributed by atoms with Crippen LogP contribution in [0, 0.1) is 0 Å². The van der Waals surface area contributed by atoms with Gasteiger partial charge in [0.1, 0.15) is 5.75 Å². The molecule has 4 N–H and O–H groups in total. The summed E-state index contributed by atoms with van der Waals surface area (Å²) in [6.45, 7) is 1.72. The number of carbonyl (C=O) groups is 1. The summed E-state index contributed by atoms with van der Waals surface area (Å²) in [5, 5.41) is 15.8. The van der Waals surface area contributed by atoms with Crippen LogP contribution in [0.3, 0.4) is 0 Å². The third-order valence-electron chi connectivity index (χ3n) is 1.49. The van der Waals surface area contributed by atoms with Crippen LogP contribution < -0.4 is 5.73 Å². The molecule has 0 heterocycles. The van der Waals surface area contributed by atoms with Crippen LogP contribution in [0.25, 0.3) is 0 Å². The fraction of sp³-hybridized carbons (Fsp3) is 0.300. The maximum atomic E-state index is 8.96. The van der Waals surface area contributed by atoms with Gasteiger partial charge < -0.3 is 15.9 Å². The first-order chi connectivity index (χ1) is 6.60. The molecule has 0 fully saturated rings. The fourth-order valence-electron chi connectivity index (χ4n) is 1.00. The largest absolute Gasteiger partial charge is 0.508 e. The summed E-state index contributed by atoms with van der Waals surface area (Å²) in [7, 11) is 0. The number of benzene rings is 1. The summed E-state index contributed by atoms with van der Waals surface area (Å²) >= 11 is 0. The van der Waals surface area contributed by atoms with E-state index in [1.165, 1.54) is 0 Å². The smallest absolute Gasteiger partial charge is 0.290 e. The Morgan fingerprint density at radius 1 is 1.43 bits per heavy atom. The summed E-state index contributed by atoms with van der Waals surface area (Å²) in [6, 6.07) is 7.31. The predicted octanol–water partition coefficient (Wildman–Crippen LogP) is 0.983. The molecule has 78 valence electrons. The molecule has 4 nitrogen and oxygen atoms in total. The van der Waals surface area contributed by atoms with Crippen molar-refractivity contribution in [3.8, 4) is 5.75 Å². The summed E-state index contributed by atoms with van der Waals surface area (Å²) < 4.78 is 0. The summed E-state index contributed by atoms with van der Waals surface area (Å²) in [4.78, 5) is 8.36. The van der Waals surface area contributed by atoms with Crippen LogP contribution >= 0.6 is 0 Å². The molecule has 0 bridgehead atoms. The zero-order valence-electron chi connectivity index (χ0n) is 8.05. The van der Waals surface area contributed by atoms with Gasteiger partial charge >= 0.3 is 0 Å². The molecule has 0 aromatic heterocycles. The van der Waals surface area contributed by atoms with Crippen LogP contribution in [0.5, 0.6) is 5.75 Å². The highest BCUT2D eigenvalue weighted by Crippen LogP contribution is 2.10. The van der Waals surface area contributed by atoms with Crippen LogP contribution in [0.4, 0.5) is 0 Å². The average Bonchev–Trinajstić information content (AvgIpc) is 2.09. The Morgan fingerprint density at radius 3 is 2.21 bits per heavy atom. The molecule has 1 aromatic carbocycles. The van der Waals surface area contributed by atoms with Crippen LogP contribution in [-0.2, 0) is 11.2 Å². The lowest BCUT2D eigenvalue weighted by atomic mass is 10.1. The van der Waals surface area contributed by atoms with E-state index in [0.717, 1.165) is 12.0 Å². The van der Waals surface area contributed by atoms with Gasteiger partial charge in [-0.2, -0.15) is 0 Å². The van der Waals surface area contributed by atoms with Crippen molar-refractivity contribution in [2.45, 2.75) is 19.4 Å². The number of phenolic OH excluding ortho intramolecular Hbond substituents is 1. The Hall–Kier alpha value is -1.55. The second-order valence-corrected chi connectivity index (χ2v) is 2.95. The monoisotopic (exact) mass is 197 g/mol. The minimum absolute atomic E-state index is 0.180. The Morgan fingerprint density at radius 2 is 1.86 bits per heavy atom. The molecule has 0 amide bonds. The van der Waals surface area contributed by atoms with Crippen molar-refractivity contribution in [3.05, 3.63) is 29.8 Å². The number of nitrogens with two attached hydrogens (primary N) is 1. The Labute approximate surface area is 83.0 Å². The average molecular weight is 197 g/mol. The van der Waals surface area contributed by atoms with Crippen molar-refractivity contribution in [2.75, 3.05) is 0 Å². The lowest BCUT2D eigenvalue weighted by Crippen LogP contribution is -2.17. The molecule has 0 aliphatic heterocycles. The van der Waals surface area contributed by atoms with Crippen LogP contribution in [0.2, 0.25) is 0 Å². The standard InChI is InChI=1S/C9H13NO.CH2O2/c1-7(10)6-8-2-4-9(11)5-3-8;2-1-3/h2-5,7,11H,6,10H2,1H3;1H,(H,2,3). The van der Waals surface area contributed by atoms with E-state index in [-0.39, 0.29) is 12.5 Å². The first kappa shape index (κ1) is 12.4. The van der Waals surface area contributed by atoms with Crippen molar-refractivity contribution in [2.24, 2.45) is 5.73 Å². The molecule has 4 heteroatoms. The first-order valence-electron chi connectivity index (χ1n) is 4.21. The van der Waals surface area contributed by atoms with Crippen molar-refractivity contribution in [1.82, 2.24) is 0 Å². The summed E-state index contributed by atoms with van der Waals surface area (Å²) in [6.07, 6.45) is 0.861. The SMILES string of the molecule is CC(N)Cc1ccc(O)cc1.O=CO. The van der Waals surface area contributed by atoms with Crippen LogP contribution in [0.1, 0.15) is 12.5 Å². The van der Waals surface area contributed by atoms with E-state index in [4.69, 9.17) is 20.7 Å². The van der Waals surface area contributed by atoms with E-state index >= 15 is 0 Å². The number of hydrogen-bond donors (Lipinski definition) is 3. The van der Waals surface area contributed by atoms with E-state index in [1.807, 2.05) is 19.1 Å². The maximum absolute atomic E-state index is 8.96. The third kappa shape index (κ3) is 6.02. The maximum Gasteiger partial charge on any atom is 0.290 e. The minimum atomic E-state index is -0.250. The molecule has 1 unspecified atom stereocenters. The second kappa shape index (κ2) is 6.91.